The monoisotopic (exact) mass is 239 g/mol. The molecule has 1 aromatic rings. The summed E-state index contributed by atoms with van der Waals surface area (Å²) in [6.45, 7) is 8.31. The molecule has 17 heavy (non-hydrogen) atoms. The summed E-state index contributed by atoms with van der Waals surface area (Å²) in [4.78, 5) is 0. The highest BCUT2D eigenvalue weighted by Gasteiger charge is 2.19. The highest BCUT2D eigenvalue weighted by atomic mass is 19.1. The fourth-order valence-corrected chi connectivity index (χ4v) is 2.08. The first-order valence-electron chi connectivity index (χ1n) is 5.99. The summed E-state index contributed by atoms with van der Waals surface area (Å²) in [6.07, 6.45) is 0. The second-order valence-electron chi connectivity index (χ2n) is 5.01. The molecule has 0 saturated carbocycles. The summed E-state index contributed by atoms with van der Waals surface area (Å²) in [5.74, 6) is 0.136. The predicted octanol–water partition coefficient (Wildman–Crippen LogP) is 3.80. The molecule has 0 saturated heterocycles. The summed E-state index contributed by atoms with van der Waals surface area (Å²) in [5.41, 5.74) is 8.87. The maximum atomic E-state index is 14.3. The van der Waals surface area contributed by atoms with E-state index in [9.17, 15) is 4.39 Å². The Morgan fingerprint density at radius 1 is 1.24 bits per heavy atom. The third-order valence-corrected chi connectivity index (χ3v) is 2.95. The number of anilines is 1. The first kappa shape index (κ1) is 14.0. The van der Waals surface area contributed by atoms with E-state index in [-0.39, 0.29) is 24.3 Å². The predicted molar refractivity (Wildman–Crippen MR) is 69.7 cm³/mol. The molecule has 0 aliphatic heterocycles. The summed E-state index contributed by atoms with van der Waals surface area (Å²) in [7, 11) is 1.57. The van der Waals surface area contributed by atoms with Crippen LogP contribution in [0.4, 0.5) is 10.1 Å². The average molecular weight is 239 g/mol. The topological polar surface area (TPSA) is 35.2 Å². The number of rotatable bonds is 4. The van der Waals surface area contributed by atoms with Crippen LogP contribution in [-0.2, 0) is 11.3 Å². The van der Waals surface area contributed by atoms with Crippen molar-refractivity contribution in [2.75, 3.05) is 12.8 Å². The van der Waals surface area contributed by atoms with Crippen molar-refractivity contribution in [3.63, 3.8) is 0 Å². The van der Waals surface area contributed by atoms with Gasteiger partial charge in [0.2, 0.25) is 0 Å². The van der Waals surface area contributed by atoms with Crippen LogP contribution >= 0.6 is 0 Å². The van der Waals surface area contributed by atoms with E-state index in [1.165, 1.54) is 0 Å². The third-order valence-electron chi connectivity index (χ3n) is 2.95. The van der Waals surface area contributed by atoms with Crippen LogP contribution in [-0.4, -0.2) is 7.11 Å². The van der Waals surface area contributed by atoms with E-state index in [1.807, 2.05) is 19.9 Å². The first-order valence-corrected chi connectivity index (χ1v) is 5.99. The maximum absolute atomic E-state index is 14.3. The van der Waals surface area contributed by atoms with Gasteiger partial charge in [0.05, 0.1) is 6.61 Å². The Balaban J connectivity index is 3.46. The summed E-state index contributed by atoms with van der Waals surface area (Å²) < 4.78 is 19.3. The minimum atomic E-state index is -0.219. The third kappa shape index (κ3) is 2.78. The van der Waals surface area contributed by atoms with Gasteiger partial charge in [-0.1, -0.05) is 27.7 Å². The van der Waals surface area contributed by atoms with Crippen molar-refractivity contribution >= 4 is 5.69 Å². The molecule has 0 aliphatic carbocycles. The van der Waals surface area contributed by atoms with Crippen LogP contribution in [0.2, 0.25) is 0 Å². The van der Waals surface area contributed by atoms with Gasteiger partial charge >= 0.3 is 0 Å². The van der Waals surface area contributed by atoms with Gasteiger partial charge in [0.15, 0.2) is 0 Å². The zero-order chi connectivity index (χ0) is 13.2. The zero-order valence-corrected chi connectivity index (χ0v) is 11.3. The van der Waals surface area contributed by atoms with Gasteiger partial charge in [-0.2, -0.15) is 0 Å². The lowest BCUT2D eigenvalue weighted by atomic mass is 9.90. The van der Waals surface area contributed by atoms with Crippen LogP contribution in [0.1, 0.15) is 56.2 Å². The highest BCUT2D eigenvalue weighted by molar-refractivity contribution is 5.58. The maximum Gasteiger partial charge on any atom is 0.134 e. The minimum Gasteiger partial charge on any atom is -0.398 e. The van der Waals surface area contributed by atoms with Gasteiger partial charge in [-0.15, -0.1) is 0 Å². The molecule has 0 amide bonds. The van der Waals surface area contributed by atoms with Crippen molar-refractivity contribution in [2.24, 2.45) is 0 Å². The van der Waals surface area contributed by atoms with E-state index >= 15 is 0 Å². The average Bonchev–Trinajstić information content (AvgIpc) is 2.21. The Kier molecular flexibility index (Phi) is 4.52. The van der Waals surface area contributed by atoms with Gasteiger partial charge in [0.25, 0.3) is 0 Å². The molecule has 0 spiro atoms. The Hall–Kier alpha value is -1.09. The lowest BCUT2D eigenvalue weighted by Crippen LogP contribution is -2.09. The van der Waals surface area contributed by atoms with Gasteiger partial charge in [-0.05, 0) is 23.5 Å². The molecule has 0 atom stereocenters. The molecule has 96 valence electrons. The van der Waals surface area contributed by atoms with E-state index in [0.717, 1.165) is 5.56 Å². The number of hydrogen-bond acceptors (Lipinski definition) is 2. The van der Waals surface area contributed by atoms with E-state index in [4.69, 9.17) is 10.5 Å². The second kappa shape index (κ2) is 5.50. The standard InChI is InChI=1S/C14H22FNO/c1-8(2)11-6-10(7-17-5)13(15)12(9(3)4)14(11)16/h6,8-9H,7,16H2,1-5H3. The van der Waals surface area contributed by atoms with E-state index in [0.29, 0.717) is 16.8 Å². The van der Waals surface area contributed by atoms with Crippen molar-refractivity contribution in [2.45, 2.75) is 46.1 Å². The summed E-state index contributed by atoms with van der Waals surface area (Å²) in [6, 6.07) is 1.82. The molecule has 2 N–H and O–H groups in total. The normalized spacial score (nSPS) is 11.5. The number of halogens is 1. The SMILES string of the molecule is COCc1cc(C(C)C)c(N)c(C(C)C)c1F. The Bertz CT molecular complexity index is 400. The molecule has 0 fully saturated rings. The van der Waals surface area contributed by atoms with Crippen LogP contribution in [0.3, 0.4) is 0 Å². The van der Waals surface area contributed by atoms with Gasteiger partial charge < -0.3 is 10.5 Å². The molecule has 0 aliphatic rings. The van der Waals surface area contributed by atoms with Gasteiger partial charge in [0, 0.05) is 23.9 Å². The number of hydrogen-bond donors (Lipinski definition) is 1. The zero-order valence-electron chi connectivity index (χ0n) is 11.3. The molecule has 2 nitrogen and oxygen atoms in total. The lowest BCUT2D eigenvalue weighted by Gasteiger charge is -2.20. The number of benzene rings is 1. The Morgan fingerprint density at radius 3 is 2.24 bits per heavy atom. The van der Waals surface area contributed by atoms with Crippen LogP contribution in [0.25, 0.3) is 0 Å². The van der Waals surface area contributed by atoms with Crippen LogP contribution in [0.15, 0.2) is 6.07 Å². The molecule has 1 rings (SSSR count). The molecule has 0 bridgehead atoms. The van der Waals surface area contributed by atoms with Crippen LogP contribution in [0.5, 0.6) is 0 Å². The number of nitrogen functional groups attached to an aromatic ring is 1. The van der Waals surface area contributed by atoms with Crippen LogP contribution < -0.4 is 5.73 Å². The van der Waals surface area contributed by atoms with Crippen molar-refractivity contribution in [1.29, 1.82) is 0 Å². The fourth-order valence-electron chi connectivity index (χ4n) is 2.08. The number of ether oxygens (including phenoxy) is 1. The molecular formula is C14H22FNO. The molecule has 0 heterocycles. The molecular weight excluding hydrogens is 217 g/mol. The van der Waals surface area contributed by atoms with Crippen LogP contribution in [0, 0.1) is 5.82 Å². The van der Waals surface area contributed by atoms with Crippen molar-refractivity contribution in [3.8, 4) is 0 Å². The Labute approximate surface area is 103 Å². The van der Waals surface area contributed by atoms with Gasteiger partial charge in [-0.3, -0.25) is 0 Å². The largest absolute Gasteiger partial charge is 0.398 e. The summed E-state index contributed by atoms with van der Waals surface area (Å²) in [5, 5.41) is 0. The van der Waals surface area contributed by atoms with Gasteiger partial charge in [0.1, 0.15) is 5.82 Å². The van der Waals surface area contributed by atoms with E-state index in [1.54, 1.807) is 7.11 Å². The summed E-state index contributed by atoms with van der Waals surface area (Å²) >= 11 is 0. The van der Waals surface area contributed by atoms with Crippen molar-refractivity contribution in [3.05, 3.63) is 28.6 Å². The van der Waals surface area contributed by atoms with Crippen molar-refractivity contribution < 1.29 is 9.13 Å². The minimum absolute atomic E-state index is 0.0734. The molecule has 3 heteroatoms. The number of nitrogens with two attached hydrogens (primary N) is 1. The second-order valence-corrected chi connectivity index (χ2v) is 5.01. The molecule has 0 unspecified atom stereocenters. The smallest absolute Gasteiger partial charge is 0.134 e. The molecule has 0 aromatic heterocycles. The van der Waals surface area contributed by atoms with Gasteiger partial charge in [-0.25, -0.2) is 4.39 Å². The first-order chi connectivity index (χ1) is 7.90. The fraction of sp³-hybridized carbons (Fsp3) is 0.571. The van der Waals surface area contributed by atoms with E-state index in [2.05, 4.69) is 13.8 Å². The molecule has 0 radical (unpaired) electrons. The quantitative estimate of drug-likeness (QED) is 0.811. The number of methoxy groups -OCH3 is 1. The Morgan fingerprint density at radius 2 is 1.82 bits per heavy atom. The molecule has 1 aromatic carbocycles. The lowest BCUT2D eigenvalue weighted by molar-refractivity contribution is 0.181. The van der Waals surface area contributed by atoms with E-state index < -0.39 is 0 Å². The van der Waals surface area contributed by atoms with Crippen molar-refractivity contribution in [1.82, 2.24) is 0 Å². The highest BCUT2D eigenvalue weighted by Crippen LogP contribution is 2.34.